The molecule has 0 fully saturated rings. The second-order valence-electron chi connectivity index (χ2n) is 7.36. The highest BCUT2D eigenvalue weighted by atomic mass is 16.5. The van der Waals surface area contributed by atoms with E-state index in [0.29, 0.717) is 24.4 Å². The number of fused-ring (bicyclic) bond motifs is 2. The van der Waals surface area contributed by atoms with Crippen LogP contribution in [0.5, 0.6) is 5.75 Å². The standard InChI is InChI=1S/C23H22O4/c1-14(10-16-11-15(2)20(24)12-16)8-9-26-23-19-5-3-4-17(19)13-18-6-7-21(25)27-22(18)23/h3-4,6-8,11,13,16H,5,9-10,12H2,1-2H3/b14-8+. The fourth-order valence-corrected chi connectivity index (χ4v) is 3.86. The lowest BCUT2D eigenvalue weighted by atomic mass is 9.99. The van der Waals surface area contributed by atoms with E-state index in [2.05, 4.69) is 25.2 Å². The Hall–Kier alpha value is -2.88. The monoisotopic (exact) mass is 362 g/mol. The Bertz CT molecular complexity index is 1070. The average molecular weight is 362 g/mol. The summed E-state index contributed by atoms with van der Waals surface area (Å²) in [5, 5.41) is 0.862. The summed E-state index contributed by atoms with van der Waals surface area (Å²) in [7, 11) is 0. The molecule has 138 valence electrons. The molecule has 4 rings (SSSR count). The second kappa shape index (κ2) is 7.03. The molecule has 4 heteroatoms. The highest BCUT2D eigenvalue weighted by molar-refractivity contribution is 5.97. The van der Waals surface area contributed by atoms with E-state index in [1.54, 1.807) is 6.07 Å². The van der Waals surface area contributed by atoms with Crippen LogP contribution in [0, 0.1) is 5.92 Å². The summed E-state index contributed by atoms with van der Waals surface area (Å²) in [5.74, 6) is 1.19. The van der Waals surface area contributed by atoms with Gasteiger partial charge in [-0.15, -0.1) is 0 Å². The minimum Gasteiger partial charge on any atom is -0.485 e. The molecule has 1 heterocycles. The molecule has 0 amide bonds. The van der Waals surface area contributed by atoms with Crippen LogP contribution < -0.4 is 10.4 Å². The van der Waals surface area contributed by atoms with E-state index in [9.17, 15) is 9.59 Å². The first-order valence-electron chi connectivity index (χ1n) is 9.27. The highest BCUT2D eigenvalue weighted by Crippen LogP contribution is 2.36. The van der Waals surface area contributed by atoms with Crippen LogP contribution in [-0.4, -0.2) is 12.4 Å². The third-order valence-electron chi connectivity index (χ3n) is 5.24. The fraction of sp³-hybridized carbons (Fsp3) is 0.304. The molecule has 4 nitrogen and oxygen atoms in total. The lowest BCUT2D eigenvalue weighted by molar-refractivity contribution is -0.115. The number of allylic oxidation sites excluding steroid dienone is 4. The molecule has 1 atom stereocenters. The predicted molar refractivity (Wildman–Crippen MR) is 106 cm³/mol. The Morgan fingerprint density at radius 1 is 1.33 bits per heavy atom. The summed E-state index contributed by atoms with van der Waals surface area (Å²) in [6.07, 6.45) is 10.5. The van der Waals surface area contributed by atoms with Crippen LogP contribution in [-0.2, 0) is 11.2 Å². The largest absolute Gasteiger partial charge is 0.485 e. The van der Waals surface area contributed by atoms with Gasteiger partial charge in [-0.1, -0.05) is 23.8 Å². The van der Waals surface area contributed by atoms with E-state index >= 15 is 0 Å². The van der Waals surface area contributed by atoms with Gasteiger partial charge in [0.2, 0.25) is 0 Å². The number of ether oxygens (including phenoxy) is 1. The van der Waals surface area contributed by atoms with Gasteiger partial charge in [0.25, 0.3) is 0 Å². The van der Waals surface area contributed by atoms with E-state index in [4.69, 9.17) is 9.15 Å². The molecule has 1 aromatic heterocycles. The zero-order valence-electron chi connectivity index (χ0n) is 15.6. The van der Waals surface area contributed by atoms with E-state index in [1.165, 1.54) is 11.6 Å². The first kappa shape index (κ1) is 17.5. The van der Waals surface area contributed by atoms with Crippen LogP contribution in [0.1, 0.15) is 37.8 Å². The first-order valence-corrected chi connectivity index (χ1v) is 9.27. The lowest BCUT2D eigenvalue weighted by Gasteiger charge is -2.13. The summed E-state index contributed by atoms with van der Waals surface area (Å²) in [6, 6.07) is 5.23. The Morgan fingerprint density at radius 3 is 2.96 bits per heavy atom. The average Bonchev–Trinajstić information content (AvgIpc) is 3.21. The summed E-state index contributed by atoms with van der Waals surface area (Å²) in [4.78, 5) is 23.4. The van der Waals surface area contributed by atoms with Crippen LogP contribution in [0.15, 0.2) is 56.8 Å². The number of carbonyl (C=O) groups excluding carboxylic acids is 1. The van der Waals surface area contributed by atoms with Crippen molar-refractivity contribution in [3.63, 3.8) is 0 Å². The third-order valence-corrected chi connectivity index (χ3v) is 5.24. The van der Waals surface area contributed by atoms with E-state index in [0.717, 1.165) is 34.9 Å². The Balaban J connectivity index is 1.53. The number of Topliss-reactive ketones (excluding diaryl/α,β-unsaturated/α-hetero) is 1. The molecule has 27 heavy (non-hydrogen) atoms. The van der Waals surface area contributed by atoms with Gasteiger partial charge in [-0.3, -0.25) is 4.79 Å². The summed E-state index contributed by atoms with van der Waals surface area (Å²) in [6.45, 7) is 4.34. The van der Waals surface area contributed by atoms with Crippen molar-refractivity contribution in [1.82, 2.24) is 0 Å². The van der Waals surface area contributed by atoms with Crippen molar-refractivity contribution in [3.8, 4) is 5.75 Å². The molecule has 0 saturated carbocycles. The van der Waals surface area contributed by atoms with Gasteiger partial charge in [0.05, 0.1) is 0 Å². The van der Waals surface area contributed by atoms with Crippen LogP contribution >= 0.6 is 0 Å². The molecule has 1 unspecified atom stereocenters. The van der Waals surface area contributed by atoms with Gasteiger partial charge in [-0.05, 0) is 62.0 Å². The molecule has 2 aliphatic carbocycles. The molecule has 0 bridgehead atoms. The van der Waals surface area contributed by atoms with Crippen molar-refractivity contribution in [2.24, 2.45) is 5.92 Å². The molecular formula is C23H22O4. The fourth-order valence-electron chi connectivity index (χ4n) is 3.86. The molecule has 2 aliphatic rings. The maximum atomic E-state index is 11.7. The van der Waals surface area contributed by atoms with Crippen molar-refractivity contribution in [3.05, 3.63) is 69.1 Å². The van der Waals surface area contributed by atoms with Crippen LogP contribution in [0.4, 0.5) is 0 Å². The van der Waals surface area contributed by atoms with Crippen LogP contribution in [0.25, 0.3) is 17.0 Å². The molecule has 0 saturated heterocycles. The van der Waals surface area contributed by atoms with E-state index < -0.39 is 0 Å². The van der Waals surface area contributed by atoms with Gasteiger partial charge in [0.1, 0.15) is 6.61 Å². The molecule has 0 radical (unpaired) electrons. The highest BCUT2D eigenvalue weighted by Gasteiger charge is 2.21. The van der Waals surface area contributed by atoms with E-state index in [1.807, 2.05) is 19.1 Å². The Morgan fingerprint density at radius 2 is 2.19 bits per heavy atom. The molecule has 0 spiro atoms. The molecule has 1 aromatic carbocycles. The number of carbonyl (C=O) groups is 1. The van der Waals surface area contributed by atoms with Crippen molar-refractivity contribution >= 4 is 22.8 Å². The molecule has 0 aliphatic heterocycles. The zero-order chi connectivity index (χ0) is 19.0. The van der Waals surface area contributed by atoms with E-state index in [-0.39, 0.29) is 17.3 Å². The number of hydrogen-bond acceptors (Lipinski definition) is 4. The predicted octanol–water partition coefficient (Wildman–Crippen LogP) is 4.61. The summed E-state index contributed by atoms with van der Waals surface area (Å²) < 4.78 is 11.5. The number of hydrogen-bond donors (Lipinski definition) is 0. The van der Waals surface area contributed by atoms with Crippen LogP contribution in [0.3, 0.4) is 0 Å². The number of ketones is 1. The summed E-state index contributed by atoms with van der Waals surface area (Å²) in [5.41, 5.74) is 4.36. The maximum absolute atomic E-state index is 11.7. The SMILES string of the molecule is CC1=CC(C/C(C)=C/COc2c3c(cc4ccc(=O)oc24)C=CC3)CC1=O. The third kappa shape index (κ3) is 3.52. The number of benzene rings is 1. The topological polar surface area (TPSA) is 56.5 Å². The normalized spacial score (nSPS) is 18.9. The Kier molecular flexibility index (Phi) is 4.56. The van der Waals surface area contributed by atoms with Crippen molar-refractivity contribution in [2.45, 2.75) is 33.1 Å². The molecular weight excluding hydrogens is 340 g/mol. The number of rotatable bonds is 5. The van der Waals surface area contributed by atoms with Crippen molar-refractivity contribution in [1.29, 1.82) is 0 Å². The van der Waals surface area contributed by atoms with Gasteiger partial charge in [0.15, 0.2) is 17.1 Å². The minimum absolute atomic E-state index is 0.248. The van der Waals surface area contributed by atoms with Crippen molar-refractivity contribution < 1.29 is 13.9 Å². The van der Waals surface area contributed by atoms with Gasteiger partial charge < -0.3 is 9.15 Å². The lowest BCUT2D eigenvalue weighted by Crippen LogP contribution is -2.03. The summed E-state index contributed by atoms with van der Waals surface area (Å²) >= 11 is 0. The quantitative estimate of drug-likeness (QED) is 0.576. The van der Waals surface area contributed by atoms with Gasteiger partial charge >= 0.3 is 5.63 Å². The van der Waals surface area contributed by atoms with Crippen molar-refractivity contribution in [2.75, 3.05) is 6.61 Å². The van der Waals surface area contributed by atoms with Crippen LogP contribution in [0.2, 0.25) is 0 Å². The second-order valence-corrected chi connectivity index (χ2v) is 7.36. The zero-order valence-corrected chi connectivity index (χ0v) is 15.6. The van der Waals surface area contributed by atoms with Gasteiger partial charge in [0, 0.05) is 23.4 Å². The maximum Gasteiger partial charge on any atom is 0.336 e. The smallest absolute Gasteiger partial charge is 0.336 e. The minimum atomic E-state index is -0.377. The first-order chi connectivity index (χ1) is 13.0. The molecule has 0 N–H and O–H groups in total. The molecule has 2 aromatic rings. The van der Waals surface area contributed by atoms with Gasteiger partial charge in [-0.2, -0.15) is 0 Å². The van der Waals surface area contributed by atoms with Gasteiger partial charge in [-0.25, -0.2) is 4.79 Å². The Labute approximate surface area is 157 Å².